The van der Waals surface area contributed by atoms with Gasteiger partial charge in [-0.05, 0) is 50.0 Å². The molecule has 1 unspecified atom stereocenters. The van der Waals surface area contributed by atoms with Crippen LogP contribution in [0.5, 0.6) is 0 Å². The number of likely N-dealkylation sites (tertiary alicyclic amines) is 1. The Bertz CT molecular complexity index is 483. The van der Waals surface area contributed by atoms with Crippen molar-refractivity contribution in [2.24, 2.45) is 5.92 Å². The molecular formula is C16H26N4O. The van der Waals surface area contributed by atoms with Crippen molar-refractivity contribution in [3.63, 3.8) is 0 Å². The lowest BCUT2D eigenvalue weighted by Crippen LogP contribution is -2.29. The molecule has 21 heavy (non-hydrogen) atoms. The summed E-state index contributed by atoms with van der Waals surface area (Å²) in [5, 5.41) is 6.00. The van der Waals surface area contributed by atoms with Gasteiger partial charge in [0, 0.05) is 25.7 Å². The highest BCUT2D eigenvalue weighted by atomic mass is 16.1. The molecule has 1 saturated heterocycles. The molecule has 1 aliphatic rings. The van der Waals surface area contributed by atoms with Crippen molar-refractivity contribution in [2.45, 2.75) is 19.8 Å². The zero-order valence-corrected chi connectivity index (χ0v) is 13.0. The molecule has 1 fully saturated rings. The fourth-order valence-corrected chi connectivity index (χ4v) is 2.75. The average molecular weight is 290 g/mol. The number of rotatable bonds is 6. The Morgan fingerprint density at radius 2 is 2.10 bits per heavy atom. The summed E-state index contributed by atoms with van der Waals surface area (Å²) in [6, 6.07) is 5.34. The molecule has 1 aromatic carbocycles. The van der Waals surface area contributed by atoms with Crippen LogP contribution in [0.4, 0.5) is 11.4 Å². The normalized spacial score (nSPS) is 16.7. The van der Waals surface area contributed by atoms with Gasteiger partial charge in [0.2, 0.25) is 0 Å². The lowest BCUT2D eigenvalue weighted by Gasteiger charge is -2.21. The van der Waals surface area contributed by atoms with E-state index < -0.39 is 0 Å². The van der Waals surface area contributed by atoms with Gasteiger partial charge in [-0.3, -0.25) is 4.79 Å². The number of nitrogens with one attached hydrogen (secondary N) is 2. The minimum Gasteiger partial charge on any atom is -0.397 e. The third-order valence-corrected chi connectivity index (χ3v) is 3.95. The van der Waals surface area contributed by atoms with Crippen LogP contribution in [0.15, 0.2) is 18.2 Å². The molecule has 5 heteroatoms. The number of hydrogen-bond acceptors (Lipinski definition) is 4. The van der Waals surface area contributed by atoms with Crippen LogP contribution < -0.4 is 16.4 Å². The number of hydrogen-bond donors (Lipinski definition) is 3. The lowest BCUT2D eigenvalue weighted by molar-refractivity contribution is 0.0963. The largest absolute Gasteiger partial charge is 0.397 e. The highest BCUT2D eigenvalue weighted by molar-refractivity contribution is 5.96. The summed E-state index contributed by atoms with van der Waals surface area (Å²) >= 11 is 0. The third-order valence-electron chi connectivity index (χ3n) is 3.95. The van der Waals surface area contributed by atoms with Crippen LogP contribution in [-0.2, 0) is 0 Å². The highest BCUT2D eigenvalue weighted by Gasteiger charge is 2.15. The first-order chi connectivity index (χ1) is 10.1. The zero-order chi connectivity index (χ0) is 15.2. The van der Waals surface area contributed by atoms with Crippen LogP contribution in [0.2, 0.25) is 0 Å². The summed E-state index contributed by atoms with van der Waals surface area (Å²) in [5.74, 6) is 0.453. The van der Waals surface area contributed by atoms with Gasteiger partial charge in [0.25, 0.3) is 5.91 Å². The van der Waals surface area contributed by atoms with Gasteiger partial charge in [-0.15, -0.1) is 0 Å². The maximum Gasteiger partial charge on any atom is 0.251 e. The maximum absolute atomic E-state index is 11.7. The van der Waals surface area contributed by atoms with E-state index in [2.05, 4.69) is 22.5 Å². The Morgan fingerprint density at radius 1 is 1.38 bits per heavy atom. The first kappa shape index (κ1) is 15.6. The molecule has 1 amide bonds. The van der Waals surface area contributed by atoms with Gasteiger partial charge in [0.15, 0.2) is 0 Å². The number of nitrogen functional groups attached to an aromatic ring is 1. The number of nitrogens with two attached hydrogens (primary N) is 1. The summed E-state index contributed by atoms with van der Waals surface area (Å²) in [6.45, 7) is 6.65. The molecule has 0 saturated carbocycles. The minimum absolute atomic E-state index is 0.0943. The molecule has 0 radical (unpaired) electrons. The molecule has 5 nitrogen and oxygen atoms in total. The van der Waals surface area contributed by atoms with Crippen molar-refractivity contribution in [1.82, 2.24) is 10.2 Å². The number of anilines is 2. The van der Waals surface area contributed by atoms with E-state index >= 15 is 0 Å². The van der Waals surface area contributed by atoms with E-state index in [0.717, 1.165) is 18.8 Å². The van der Waals surface area contributed by atoms with E-state index in [1.807, 2.05) is 6.07 Å². The van der Waals surface area contributed by atoms with Crippen LogP contribution in [0, 0.1) is 5.92 Å². The van der Waals surface area contributed by atoms with E-state index in [4.69, 9.17) is 5.73 Å². The van der Waals surface area contributed by atoms with Crippen molar-refractivity contribution in [3.8, 4) is 0 Å². The van der Waals surface area contributed by atoms with E-state index in [0.29, 0.717) is 17.2 Å². The second-order valence-corrected chi connectivity index (χ2v) is 5.87. The molecule has 0 aromatic heterocycles. The number of nitrogens with zero attached hydrogens (tertiary/aromatic N) is 1. The third kappa shape index (κ3) is 4.36. The fourth-order valence-electron chi connectivity index (χ4n) is 2.75. The van der Waals surface area contributed by atoms with Gasteiger partial charge < -0.3 is 21.3 Å². The summed E-state index contributed by atoms with van der Waals surface area (Å²) in [4.78, 5) is 14.2. The van der Waals surface area contributed by atoms with Crippen LogP contribution in [0.1, 0.15) is 30.1 Å². The van der Waals surface area contributed by atoms with Crippen LogP contribution in [0.25, 0.3) is 0 Å². The van der Waals surface area contributed by atoms with E-state index in [-0.39, 0.29) is 5.91 Å². The predicted molar refractivity (Wildman–Crippen MR) is 87.6 cm³/mol. The summed E-state index contributed by atoms with van der Waals surface area (Å²) in [7, 11) is 1.63. The maximum atomic E-state index is 11.7. The number of benzene rings is 1. The molecule has 1 aliphatic heterocycles. The Hall–Kier alpha value is -1.75. The molecule has 1 heterocycles. The van der Waals surface area contributed by atoms with Crippen molar-refractivity contribution in [2.75, 3.05) is 44.3 Å². The second-order valence-electron chi connectivity index (χ2n) is 5.87. The number of carbonyl (C=O) groups excluding carboxylic acids is 1. The van der Waals surface area contributed by atoms with Crippen molar-refractivity contribution in [1.29, 1.82) is 0 Å². The Morgan fingerprint density at radius 3 is 2.76 bits per heavy atom. The van der Waals surface area contributed by atoms with Gasteiger partial charge in [-0.2, -0.15) is 0 Å². The van der Waals surface area contributed by atoms with Gasteiger partial charge in [0.05, 0.1) is 11.4 Å². The standard InChI is InChI=1S/C16H26N4O/c1-12(11-20-7-3-4-8-20)10-19-15-9-13(16(21)18-2)5-6-14(15)17/h5-6,9,12,19H,3-4,7-8,10-11,17H2,1-2H3,(H,18,21). The molecule has 0 bridgehead atoms. The van der Waals surface area contributed by atoms with Crippen molar-refractivity contribution < 1.29 is 4.79 Å². The van der Waals surface area contributed by atoms with E-state index in [1.165, 1.54) is 25.9 Å². The lowest BCUT2D eigenvalue weighted by atomic mass is 10.1. The first-order valence-corrected chi connectivity index (χ1v) is 7.68. The predicted octanol–water partition coefficient (Wildman–Crippen LogP) is 1.77. The summed E-state index contributed by atoms with van der Waals surface area (Å²) in [5.41, 5.74) is 8.12. The SMILES string of the molecule is CNC(=O)c1ccc(N)c(NCC(C)CN2CCCC2)c1. The highest BCUT2D eigenvalue weighted by Crippen LogP contribution is 2.21. The topological polar surface area (TPSA) is 70.4 Å². The quantitative estimate of drug-likeness (QED) is 0.698. The molecule has 1 atom stereocenters. The zero-order valence-electron chi connectivity index (χ0n) is 13.0. The fraction of sp³-hybridized carbons (Fsp3) is 0.562. The van der Waals surface area contributed by atoms with Crippen molar-refractivity contribution in [3.05, 3.63) is 23.8 Å². The average Bonchev–Trinajstić information content (AvgIpc) is 2.98. The van der Waals surface area contributed by atoms with Crippen LogP contribution in [0.3, 0.4) is 0 Å². The first-order valence-electron chi connectivity index (χ1n) is 7.68. The molecule has 0 aliphatic carbocycles. The molecule has 2 rings (SSSR count). The van der Waals surface area contributed by atoms with Crippen LogP contribution in [-0.4, -0.2) is 44.0 Å². The van der Waals surface area contributed by atoms with E-state index in [9.17, 15) is 4.79 Å². The summed E-state index contributed by atoms with van der Waals surface area (Å²) < 4.78 is 0. The molecule has 4 N–H and O–H groups in total. The molecule has 0 spiro atoms. The Labute approximate surface area is 126 Å². The smallest absolute Gasteiger partial charge is 0.251 e. The Balaban J connectivity index is 1.90. The monoisotopic (exact) mass is 290 g/mol. The van der Waals surface area contributed by atoms with Gasteiger partial charge in [0.1, 0.15) is 0 Å². The second kappa shape index (κ2) is 7.31. The van der Waals surface area contributed by atoms with Gasteiger partial charge in [-0.1, -0.05) is 6.92 Å². The molecular weight excluding hydrogens is 264 g/mol. The number of carbonyl (C=O) groups is 1. The van der Waals surface area contributed by atoms with Gasteiger partial charge in [-0.25, -0.2) is 0 Å². The summed E-state index contributed by atoms with van der Waals surface area (Å²) in [6.07, 6.45) is 2.64. The molecule has 1 aromatic rings. The van der Waals surface area contributed by atoms with Crippen LogP contribution >= 0.6 is 0 Å². The van der Waals surface area contributed by atoms with E-state index in [1.54, 1.807) is 19.2 Å². The van der Waals surface area contributed by atoms with Crippen molar-refractivity contribution >= 4 is 17.3 Å². The molecule has 116 valence electrons. The number of amides is 1. The van der Waals surface area contributed by atoms with Gasteiger partial charge >= 0.3 is 0 Å². The Kier molecular flexibility index (Phi) is 5.44. The minimum atomic E-state index is -0.0943.